The largest absolute Gasteiger partial charge is 0.493 e. The van der Waals surface area contributed by atoms with Gasteiger partial charge >= 0.3 is 5.97 Å². The van der Waals surface area contributed by atoms with E-state index in [1.165, 1.54) is 64.9 Å². The smallest absolute Gasteiger partial charge is 0.343 e. The number of rotatable bonds is 17. The fraction of sp³-hybridized carbons (Fsp3) is 0.483. The van der Waals surface area contributed by atoms with E-state index in [0.717, 1.165) is 17.3 Å². The molecule has 6 nitrogen and oxygen atoms in total. The number of benzene rings is 2. The van der Waals surface area contributed by atoms with E-state index in [4.69, 9.17) is 9.47 Å². The van der Waals surface area contributed by atoms with Crippen molar-refractivity contribution in [3.05, 3.63) is 58.1 Å². The van der Waals surface area contributed by atoms with Gasteiger partial charge in [-0.2, -0.15) is 5.10 Å². The number of hydrazone groups is 1. The lowest BCUT2D eigenvalue weighted by molar-refractivity contribution is -0.121. The second-order valence-corrected chi connectivity index (χ2v) is 9.80. The molecule has 0 aromatic heterocycles. The molecule has 0 aliphatic heterocycles. The number of methoxy groups -OCH3 is 1. The van der Waals surface area contributed by atoms with E-state index in [2.05, 4.69) is 33.4 Å². The van der Waals surface area contributed by atoms with Crippen molar-refractivity contribution in [1.29, 1.82) is 0 Å². The highest BCUT2D eigenvalue weighted by molar-refractivity contribution is 9.10. The molecule has 0 unspecified atom stereocenters. The quantitative estimate of drug-likeness (QED) is 0.0705. The van der Waals surface area contributed by atoms with Crippen molar-refractivity contribution in [3.63, 3.8) is 0 Å². The summed E-state index contributed by atoms with van der Waals surface area (Å²) in [5, 5.41) is 4.04. The maximum Gasteiger partial charge on any atom is 0.343 e. The third-order valence-electron chi connectivity index (χ3n) is 5.86. The van der Waals surface area contributed by atoms with Crippen LogP contribution in [0, 0.1) is 0 Å². The molecule has 1 N–H and O–H groups in total. The molecule has 0 saturated heterocycles. The molecule has 0 fully saturated rings. The molecule has 0 radical (unpaired) electrons. The number of hydrogen-bond acceptors (Lipinski definition) is 5. The molecule has 0 aliphatic carbocycles. The topological polar surface area (TPSA) is 77.0 Å². The monoisotopic (exact) mass is 558 g/mol. The Kier molecular flexibility index (Phi) is 14.5. The lowest BCUT2D eigenvalue weighted by Gasteiger charge is -2.10. The van der Waals surface area contributed by atoms with Gasteiger partial charge in [-0.3, -0.25) is 4.79 Å². The number of carbonyl (C=O) groups is 2. The summed E-state index contributed by atoms with van der Waals surface area (Å²) in [5.41, 5.74) is 3.72. The Morgan fingerprint density at radius 2 is 1.56 bits per heavy atom. The van der Waals surface area contributed by atoms with Gasteiger partial charge in [0.05, 0.1) is 18.9 Å². The molecule has 1 amide bonds. The molecule has 2 aromatic rings. The van der Waals surface area contributed by atoms with E-state index in [-0.39, 0.29) is 5.91 Å². The Balaban J connectivity index is 1.67. The Bertz CT molecular complexity index is 977. The fourth-order valence-corrected chi connectivity index (χ4v) is 4.21. The molecule has 0 aliphatic rings. The lowest BCUT2D eigenvalue weighted by atomic mass is 10.1. The predicted octanol–water partition coefficient (Wildman–Crippen LogP) is 7.83. The SMILES string of the molecule is CCCCCCCCCCCCCC(=O)N/N=C/c1ccc(OC(=O)c2cccc(Br)c2)c(OC)c1. The zero-order valence-electron chi connectivity index (χ0n) is 21.6. The maximum absolute atomic E-state index is 12.4. The first kappa shape index (κ1) is 29.6. The average molecular weight is 560 g/mol. The molecule has 2 rings (SSSR count). The highest BCUT2D eigenvalue weighted by Gasteiger charge is 2.13. The van der Waals surface area contributed by atoms with Gasteiger partial charge < -0.3 is 9.47 Å². The van der Waals surface area contributed by atoms with Crippen LogP contribution in [0.1, 0.15) is 99.9 Å². The minimum atomic E-state index is -0.481. The summed E-state index contributed by atoms with van der Waals surface area (Å²) < 4.78 is 11.6. The Morgan fingerprint density at radius 3 is 2.19 bits per heavy atom. The van der Waals surface area contributed by atoms with Gasteiger partial charge in [-0.05, 0) is 48.4 Å². The standard InChI is InChI=1S/C29H39BrN2O4/c1-3-4-5-6-7-8-9-10-11-12-13-17-28(33)32-31-22-23-18-19-26(27(20-23)35-2)36-29(34)24-15-14-16-25(30)21-24/h14-16,18-22H,3-13,17H2,1-2H3,(H,32,33)/b31-22+. The molecule has 0 bridgehead atoms. The minimum Gasteiger partial charge on any atom is -0.493 e. The van der Waals surface area contributed by atoms with Crippen LogP contribution < -0.4 is 14.9 Å². The summed E-state index contributed by atoms with van der Waals surface area (Å²) >= 11 is 3.35. The molecule has 196 valence electrons. The van der Waals surface area contributed by atoms with Crippen LogP contribution in [0.25, 0.3) is 0 Å². The normalized spacial score (nSPS) is 11.0. The minimum absolute atomic E-state index is 0.0892. The van der Waals surface area contributed by atoms with Crippen LogP contribution in [0.5, 0.6) is 11.5 Å². The van der Waals surface area contributed by atoms with Gasteiger partial charge in [0.15, 0.2) is 11.5 Å². The van der Waals surface area contributed by atoms with E-state index in [9.17, 15) is 9.59 Å². The summed E-state index contributed by atoms with van der Waals surface area (Å²) in [6.45, 7) is 2.25. The van der Waals surface area contributed by atoms with E-state index in [0.29, 0.717) is 29.0 Å². The first-order chi connectivity index (χ1) is 17.5. The molecule has 36 heavy (non-hydrogen) atoms. The molecule has 0 spiro atoms. The van der Waals surface area contributed by atoms with Crippen LogP contribution in [-0.4, -0.2) is 25.2 Å². The van der Waals surface area contributed by atoms with Crippen LogP contribution in [0.15, 0.2) is 52.0 Å². The third kappa shape index (κ3) is 11.8. The average Bonchev–Trinajstić information content (AvgIpc) is 2.88. The highest BCUT2D eigenvalue weighted by atomic mass is 79.9. The predicted molar refractivity (Wildman–Crippen MR) is 149 cm³/mol. The second kappa shape index (κ2) is 17.7. The maximum atomic E-state index is 12.4. The summed E-state index contributed by atoms with van der Waals surface area (Å²) in [7, 11) is 1.50. The first-order valence-electron chi connectivity index (χ1n) is 13.0. The molecular weight excluding hydrogens is 520 g/mol. The molecule has 2 aromatic carbocycles. The van der Waals surface area contributed by atoms with Crippen molar-refractivity contribution in [3.8, 4) is 11.5 Å². The number of halogens is 1. The summed E-state index contributed by atoms with van der Waals surface area (Å²) in [6.07, 6.45) is 15.8. The Labute approximate surface area is 224 Å². The number of nitrogens with zero attached hydrogens (tertiary/aromatic N) is 1. The highest BCUT2D eigenvalue weighted by Crippen LogP contribution is 2.28. The lowest BCUT2D eigenvalue weighted by Crippen LogP contribution is -2.16. The first-order valence-corrected chi connectivity index (χ1v) is 13.8. The van der Waals surface area contributed by atoms with E-state index >= 15 is 0 Å². The van der Waals surface area contributed by atoms with Crippen molar-refractivity contribution in [2.75, 3.05) is 7.11 Å². The summed E-state index contributed by atoms with van der Waals surface area (Å²) in [5.74, 6) is 0.133. The molecule has 0 heterocycles. The molecule has 7 heteroatoms. The summed E-state index contributed by atoms with van der Waals surface area (Å²) in [4.78, 5) is 24.5. The number of ether oxygens (including phenoxy) is 2. The van der Waals surface area contributed by atoms with Crippen molar-refractivity contribution in [1.82, 2.24) is 5.43 Å². The molecule has 0 saturated carbocycles. The van der Waals surface area contributed by atoms with Gasteiger partial charge in [-0.1, -0.05) is 93.1 Å². The molecular formula is C29H39BrN2O4. The molecule has 0 atom stereocenters. The van der Waals surface area contributed by atoms with E-state index in [1.807, 2.05) is 6.07 Å². The Morgan fingerprint density at radius 1 is 0.889 bits per heavy atom. The van der Waals surface area contributed by atoms with Crippen molar-refractivity contribution < 1.29 is 19.1 Å². The van der Waals surface area contributed by atoms with Crippen molar-refractivity contribution in [2.24, 2.45) is 5.10 Å². The van der Waals surface area contributed by atoms with Crippen molar-refractivity contribution >= 4 is 34.0 Å². The Hall–Kier alpha value is -2.67. The summed E-state index contributed by atoms with van der Waals surface area (Å²) in [6, 6.07) is 12.1. The van der Waals surface area contributed by atoms with Gasteiger partial charge in [0.25, 0.3) is 0 Å². The van der Waals surface area contributed by atoms with E-state index < -0.39 is 5.97 Å². The number of unbranched alkanes of at least 4 members (excludes halogenated alkanes) is 10. The number of hydrogen-bond donors (Lipinski definition) is 1. The zero-order valence-corrected chi connectivity index (χ0v) is 23.1. The van der Waals surface area contributed by atoms with Gasteiger partial charge in [-0.15, -0.1) is 0 Å². The van der Waals surface area contributed by atoms with Crippen LogP contribution in [0.4, 0.5) is 0 Å². The van der Waals surface area contributed by atoms with Crippen LogP contribution in [-0.2, 0) is 4.79 Å². The number of carbonyl (C=O) groups excluding carboxylic acids is 2. The number of amides is 1. The zero-order chi connectivity index (χ0) is 26.0. The number of nitrogens with one attached hydrogen (secondary N) is 1. The van der Waals surface area contributed by atoms with E-state index in [1.54, 1.807) is 42.6 Å². The number of esters is 1. The second-order valence-electron chi connectivity index (χ2n) is 8.89. The fourth-order valence-electron chi connectivity index (χ4n) is 3.81. The van der Waals surface area contributed by atoms with Crippen LogP contribution in [0.3, 0.4) is 0 Å². The van der Waals surface area contributed by atoms with Gasteiger partial charge in [0.2, 0.25) is 5.91 Å². The van der Waals surface area contributed by atoms with Gasteiger partial charge in [0, 0.05) is 10.9 Å². The van der Waals surface area contributed by atoms with Crippen LogP contribution >= 0.6 is 15.9 Å². The van der Waals surface area contributed by atoms with Crippen molar-refractivity contribution in [2.45, 2.75) is 84.0 Å². The van der Waals surface area contributed by atoms with Gasteiger partial charge in [-0.25, -0.2) is 10.2 Å². The van der Waals surface area contributed by atoms with Gasteiger partial charge in [0.1, 0.15) is 0 Å². The van der Waals surface area contributed by atoms with Crippen LogP contribution in [0.2, 0.25) is 0 Å². The third-order valence-corrected chi connectivity index (χ3v) is 6.35.